The van der Waals surface area contributed by atoms with Gasteiger partial charge < -0.3 is 10.2 Å². The predicted octanol–water partition coefficient (Wildman–Crippen LogP) is 1.67. The van der Waals surface area contributed by atoms with E-state index in [2.05, 4.69) is 5.32 Å². The molecule has 2 amide bonds. The lowest BCUT2D eigenvalue weighted by atomic mass is 10.1. The summed E-state index contributed by atoms with van der Waals surface area (Å²) in [7, 11) is 1.63. The molecule has 1 heterocycles. The van der Waals surface area contributed by atoms with E-state index in [0.29, 0.717) is 13.0 Å². The van der Waals surface area contributed by atoms with Crippen molar-refractivity contribution >= 4 is 11.8 Å². The Balaban J connectivity index is 2.05. The number of benzene rings is 1. The molecule has 0 bridgehead atoms. The predicted molar refractivity (Wildman–Crippen MR) is 65.0 cm³/mol. The van der Waals surface area contributed by atoms with Crippen molar-refractivity contribution in [1.82, 2.24) is 10.2 Å². The summed E-state index contributed by atoms with van der Waals surface area (Å²) < 4.78 is 37.2. The van der Waals surface area contributed by atoms with Crippen LogP contribution in [0.1, 0.15) is 22.3 Å². The molecule has 1 aliphatic rings. The smallest absolute Gasteiger partial charge is 0.344 e. The number of carbonyl (C=O) groups excluding carboxylic acids is 2. The number of amides is 2. The molecule has 1 aromatic carbocycles. The van der Waals surface area contributed by atoms with Gasteiger partial charge >= 0.3 is 6.18 Å². The summed E-state index contributed by atoms with van der Waals surface area (Å²) in [5.41, 5.74) is -0.717. The van der Waals surface area contributed by atoms with Crippen molar-refractivity contribution in [2.75, 3.05) is 13.6 Å². The van der Waals surface area contributed by atoms with Gasteiger partial charge in [0.15, 0.2) is 0 Å². The van der Waals surface area contributed by atoms with E-state index in [0.717, 1.165) is 24.3 Å². The molecule has 1 atom stereocenters. The highest BCUT2D eigenvalue weighted by Crippen LogP contribution is 2.29. The van der Waals surface area contributed by atoms with Crippen LogP contribution in [0.2, 0.25) is 0 Å². The number of hydrogen-bond acceptors (Lipinski definition) is 2. The molecule has 0 saturated carbocycles. The summed E-state index contributed by atoms with van der Waals surface area (Å²) in [5.74, 6) is -0.738. The molecular weight excluding hydrogens is 273 g/mol. The first-order chi connectivity index (χ1) is 9.29. The number of likely N-dealkylation sites (tertiary alicyclic amines) is 1. The minimum atomic E-state index is -4.43. The molecule has 0 aliphatic carbocycles. The number of nitrogens with zero attached hydrogens (tertiary/aromatic N) is 1. The lowest BCUT2D eigenvalue weighted by molar-refractivity contribution is -0.137. The Morgan fingerprint density at radius 1 is 1.30 bits per heavy atom. The summed E-state index contributed by atoms with van der Waals surface area (Å²) in [4.78, 5) is 25.0. The molecular formula is C13H13F3N2O2. The normalized spacial score (nSPS) is 19.3. The summed E-state index contributed by atoms with van der Waals surface area (Å²) in [6.45, 7) is 0.552. The molecule has 1 fully saturated rings. The molecule has 1 saturated heterocycles. The van der Waals surface area contributed by atoms with E-state index in [1.807, 2.05) is 0 Å². The molecule has 0 aromatic heterocycles. The number of likely N-dealkylation sites (N-methyl/N-ethyl adjacent to an activating group) is 1. The molecule has 0 radical (unpaired) electrons. The van der Waals surface area contributed by atoms with Crippen molar-refractivity contribution in [3.8, 4) is 0 Å². The van der Waals surface area contributed by atoms with Crippen LogP contribution in [0, 0.1) is 0 Å². The van der Waals surface area contributed by atoms with Gasteiger partial charge in [0.25, 0.3) is 5.91 Å². The molecule has 108 valence electrons. The van der Waals surface area contributed by atoms with Gasteiger partial charge in [0.2, 0.25) is 5.91 Å². The minimum Gasteiger partial charge on any atom is -0.344 e. The topological polar surface area (TPSA) is 49.4 Å². The zero-order valence-corrected chi connectivity index (χ0v) is 10.7. The number of carbonyl (C=O) groups is 2. The molecule has 20 heavy (non-hydrogen) atoms. The fourth-order valence-electron chi connectivity index (χ4n) is 2.01. The highest BCUT2D eigenvalue weighted by Gasteiger charge is 2.32. The van der Waals surface area contributed by atoms with Gasteiger partial charge in [-0.25, -0.2) is 0 Å². The van der Waals surface area contributed by atoms with Crippen molar-refractivity contribution in [3.05, 3.63) is 35.4 Å². The Hall–Kier alpha value is -2.05. The third kappa shape index (κ3) is 2.92. The fraction of sp³-hybridized carbons (Fsp3) is 0.385. The SMILES string of the molecule is CN1CCC(NC(=O)c2ccc(C(F)(F)F)cc2)C1=O. The molecule has 1 aliphatic heterocycles. The van der Waals surface area contributed by atoms with Gasteiger partial charge in [0.05, 0.1) is 5.56 Å². The van der Waals surface area contributed by atoms with E-state index in [9.17, 15) is 22.8 Å². The van der Waals surface area contributed by atoms with Gasteiger partial charge in [-0.15, -0.1) is 0 Å². The summed E-state index contributed by atoms with van der Waals surface area (Å²) >= 11 is 0. The van der Waals surface area contributed by atoms with Crippen LogP contribution < -0.4 is 5.32 Å². The first-order valence-electron chi connectivity index (χ1n) is 6.02. The van der Waals surface area contributed by atoms with Crippen LogP contribution in [0.5, 0.6) is 0 Å². The molecule has 0 spiro atoms. The molecule has 7 heteroatoms. The highest BCUT2D eigenvalue weighted by atomic mass is 19.4. The zero-order valence-electron chi connectivity index (χ0n) is 10.7. The van der Waals surface area contributed by atoms with Crippen LogP contribution in [-0.4, -0.2) is 36.3 Å². The van der Waals surface area contributed by atoms with E-state index in [1.165, 1.54) is 4.90 Å². The van der Waals surface area contributed by atoms with Crippen LogP contribution in [-0.2, 0) is 11.0 Å². The van der Waals surface area contributed by atoms with E-state index in [4.69, 9.17) is 0 Å². The number of halogens is 3. The van der Waals surface area contributed by atoms with Crippen LogP contribution >= 0.6 is 0 Å². The molecule has 1 unspecified atom stereocenters. The molecule has 2 rings (SSSR count). The van der Waals surface area contributed by atoms with E-state index in [1.54, 1.807) is 7.05 Å². The maximum atomic E-state index is 12.4. The van der Waals surface area contributed by atoms with Crippen molar-refractivity contribution < 1.29 is 22.8 Å². The fourth-order valence-corrected chi connectivity index (χ4v) is 2.01. The Morgan fingerprint density at radius 2 is 1.90 bits per heavy atom. The molecule has 4 nitrogen and oxygen atoms in total. The minimum absolute atomic E-state index is 0.0975. The van der Waals surface area contributed by atoms with Crippen molar-refractivity contribution in [2.24, 2.45) is 0 Å². The van der Waals surface area contributed by atoms with Gasteiger partial charge in [0, 0.05) is 19.2 Å². The summed E-state index contributed by atoms with van der Waals surface area (Å²) in [6.07, 6.45) is -3.93. The van der Waals surface area contributed by atoms with Gasteiger partial charge in [-0.05, 0) is 30.7 Å². The Bertz CT molecular complexity index is 525. The van der Waals surface area contributed by atoms with Crippen LogP contribution in [0.15, 0.2) is 24.3 Å². The third-order valence-electron chi connectivity index (χ3n) is 3.21. The molecule has 1 N–H and O–H groups in total. The Kier molecular flexibility index (Phi) is 3.69. The quantitative estimate of drug-likeness (QED) is 0.899. The second-order valence-electron chi connectivity index (χ2n) is 4.65. The van der Waals surface area contributed by atoms with Gasteiger partial charge in [-0.2, -0.15) is 13.2 Å². The van der Waals surface area contributed by atoms with Gasteiger partial charge in [-0.1, -0.05) is 0 Å². The third-order valence-corrected chi connectivity index (χ3v) is 3.21. The lowest BCUT2D eigenvalue weighted by Gasteiger charge is -2.12. The van der Waals surface area contributed by atoms with E-state index in [-0.39, 0.29) is 11.5 Å². The van der Waals surface area contributed by atoms with Crippen LogP contribution in [0.4, 0.5) is 13.2 Å². The monoisotopic (exact) mass is 286 g/mol. The highest BCUT2D eigenvalue weighted by molar-refractivity contribution is 5.98. The van der Waals surface area contributed by atoms with E-state index < -0.39 is 23.7 Å². The van der Waals surface area contributed by atoms with E-state index >= 15 is 0 Å². The summed E-state index contributed by atoms with van der Waals surface area (Å²) in [5, 5.41) is 2.52. The Labute approximate surface area is 113 Å². The van der Waals surface area contributed by atoms with Gasteiger partial charge in [0.1, 0.15) is 6.04 Å². The first kappa shape index (κ1) is 14.4. The average Bonchev–Trinajstić information content (AvgIpc) is 2.70. The second kappa shape index (κ2) is 5.15. The van der Waals surface area contributed by atoms with Crippen molar-refractivity contribution in [2.45, 2.75) is 18.6 Å². The first-order valence-corrected chi connectivity index (χ1v) is 6.02. The Morgan fingerprint density at radius 3 is 2.35 bits per heavy atom. The van der Waals surface area contributed by atoms with Crippen molar-refractivity contribution in [3.63, 3.8) is 0 Å². The average molecular weight is 286 g/mol. The second-order valence-corrected chi connectivity index (χ2v) is 4.65. The van der Waals surface area contributed by atoms with Crippen LogP contribution in [0.3, 0.4) is 0 Å². The lowest BCUT2D eigenvalue weighted by Crippen LogP contribution is -2.40. The standard InChI is InChI=1S/C13H13F3N2O2/c1-18-7-6-10(12(18)20)17-11(19)8-2-4-9(5-3-8)13(14,15)16/h2-5,10H,6-7H2,1H3,(H,17,19). The summed E-state index contributed by atoms with van der Waals surface area (Å²) in [6, 6.07) is 3.28. The van der Waals surface area contributed by atoms with Gasteiger partial charge in [-0.3, -0.25) is 9.59 Å². The number of nitrogens with one attached hydrogen (secondary N) is 1. The zero-order chi connectivity index (χ0) is 14.9. The number of hydrogen-bond donors (Lipinski definition) is 1. The van der Waals surface area contributed by atoms with Crippen molar-refractivity contribution in [1.29, 1.82) is 0 Å². The maximum absolute atomic E-state index is 12.4. The largest absolute Gasteiger partial charge is 0.416 e. The van der Waals surface area contributed by atoms with Crippen LogP contribution in [0.25, 0.3) is 0 Å². The molecule has 1 aromatic rings. The number of rotatable bonds is 2. The number of alkyl halides is 3. The maximum Gasteiger partial charge on any atom is 0.416 e.